The van der Waals surface area contributed by atoms with Crippen LogP contribution in [0.15, 0.2) is 18.2 Å². The largest absolute Gasteiger partial charge is 0.480 e. The third kappa shape index (κ3) is 3.42. The highest BCUT2D eigenvalue weighted by molar-refractivity contribution is 5.96. The SMILES string of the molecule is Cc1cccc(F)c1C(=O)N1C[C@H]2COC[C@@H]1CN(CC(=O)O)C2. The van der Waals surface area contributed by atoms with Crippen LogP contribution in [0.4, 0.5) is 4.39 Å². The van der Waals surface area contributed by atoms with E-state index in [1.54, 1.807) is 24.0 Å². The van der Waals surface area contributed by atoms with E-state index >= 15 is 0 Å². The van der Waals surface area contributed by atoms with Crippen molar-refractivity contribution in [1.29, 1.82) is 0 Å². The summed E-state index contributed by atoms with van der Waals surface area (Å²) in [5, 5.41) is 9.04. The molecule has 1 aromatic carbocycles. The zero-order valence-electron chi connectivity index (χ0n) is 13.6. The van der Waals surface area contributed by atoms with Gasteiger partial charge in [0.15, 0.2) is 0 Å². The number of rotatable bonds is 3. The van der Waals surface area contributed by atoms with E-state index < -0.39 is 11.8 Å². The van der Waals surface area contributed by atoms with Crippen molar-refractivity contribution in [2.75, 3.05) is 39.4 Å². The molecule has 0 spiro atoms. The summed E-state index contributed by atoms with van der Waals surface area (Å²) in [6.45, 7) is 3.90. The minimum absolute atomic E-state index is 0.0212. The number of aryl methyl sites for hydroxylation is 1. The highest BCUT2D eigenvalue weighted by Gasteiger charge is 2.37. The number of ether oxygens (including phenoxy) is 1. The molecule has 130 valence electrons. The molecule has 2 saturated heterocycles. The molecule has 0 radical (unpaired) electrons. The molecule has 6 nitrogen and oxygen atoms in total. The maximum Gasteiger partial charge on any atom is 0.317 e. The van der Waals surface area contributed by atoms with Crippen LogP contribution in [0.5, 0.6) is 0 Å². The normalized spacial score (nSPS) is 24.5. The first-order chi connectivity index (χ1) is 11.5. The Hall–Kier alpha value is -1.99. The number of aliphatic carboxylic acids is 1. The van der Waals surface area contributed by atoms with Crippen LogP contribution in [0, 0.1) is 18.7 Å². The summed E-state index contributed by atoms with van der Waals surface area (Å²) in [7, 11) is 0. The van der Waals surface area contributed by atoms with Crippen molar-refractivity contribution in [2.24, 2.45) is 5.92 Å². The van der Waals surface area contributed by atoms with E-state index in [1.165, 1.54) is 6.07 Å². The maximum absolute atomic E-state index is 14.2. The molecule has 3 rings (SSSR count). The predicted octanol–water partition coefficient (Wildman–Crippen LogP) is 0.992. The number of nitrogens with zero attached hydrogens (tertiary/aromatic N) is 2. The standard InChI is InChI=1S/C17H21FN2O4/c1-11-3-2-4-14(18)16(11)17(23)20-6-12-5-19(8-15(21)22)7-13(20)10-24-9-12/h2-4,12-13H,5-10H2,1H3,(H,21,22)/t12-,13-/m0/s1. The Morgan fingerprint density at radius 2 is 2.08 bits per heavy atom. The van der Waals surface area contributed by atoms with Crippen molar-refractivity contribution in [3.8, 4) is 0 Å². The van der Waals surface area contributed by atoms with E-state index in [-0.39, 0.29) is 30.0 Å². The summed E-state index contributed by atoms with van der Waals surface area (Å²) in [5.74, 6) is -1.74. The number of benzene rings is 1. The molecular weight excluding hydrogens is 315 g/mol. The van der Waals surface area contributed by atoms with Crippen LogP contribution in [-0.4, -0.2) is 72.2 Å². The molecule has 2 aliphatic heterocycles. The van der Waals surface area contributed by atoms with Crippen molar-refractivity contribution in [2.45, 2.75) is 13.0 Å². The van der Waals surface area contributed by atoms with Gasteiger partial charge in [-0.25, -0.2) is 4.39 Å². The molecule has 0 saturated carbocycles. The predicted molar refractivity (Wildman–Crippen MR) is 84.3 cm³/mol. The fourth-order valence-corrected chi connectivity index (χ4v) is 3.56. The fraction of sp³-hybridized carbons (Fsp3) is 0.529. The number of halogens is 1. The van der Waals surface area contributed by atoms with Gasteiger partial charge >= 0.3 is 5.97 Å². The lowest BCUT2D eigenvalue weighted by molar-refractivity contribution is -0.138. The van der Waals surface area contributed by atoms with Crippen LogP contribution >= 0.6 is 0 Å². The third-order valence-electron chi connectivity index (χ3n) is 4.60. The fourth-order valence-electron chi connectivity index (χ4n) is 3.56. The van der Waals surface area contributed by atoms with Crippen molar-refractivity contribution >= 4 is 11.9 Å². The Kier molecular flexibility index (Phi) is 4.82. The van der Waals surface area contributed by atoms with Gasteiger partial charge in [-0.15, -0.1) is 0 Å². The highest BCUT2D eigenvalue weighted by Crippen LogP contribution is 2.24. The van der Waals surface area contributed by atoms with Gasteiger partial charge in [0.1, 0.15) is 5.82 Å². The monoisotopic (exact) mass is 336 g/mol. The second kappa shape index (κ2) is 6.86. The number of fused-ring (bicyclic) bond motifs is 3. The number of carbonyl (C=O) groups is 2. The molecule has 24 heavy (non-hydrogen) atoms. The summed E-state index contributed by atoms with van der Waals surface area (Å²) >= 11 is 0. The smallest absolute Gasteiger partial charge is 0.317 e. The minimum Gasteiger partial charge on any atom is -0.480 e. The average Bonchev–Trinajstić information content (AvgIpc) is 2.76. The Balaban J connectivity index is 1.88. The number of hydrogen-bond donors (Lipinski definition) is 1. The highest BCUT2D eigenvalue weighted by atomic mass is 19.1. The maximum atomic E-state index is 14.2. The van der Waals surface area contributed by atoms with E-state index in [0.717, 1.165) is 0 Å². The molecule has 2 atom stereocenters. The van der Waals surface area contributed by atoms with Gasteiger partial charge in [-0.3, -0.25) is 14.5 Å². The Morgan fingerprint density at radius 3 is 2.79 bits per heavy atom. The molecule has 0 aliphatic carbocycles. The lowest BCUT2D eigenvalue weighted by Gasteiger charge is -2.31. The molecule has 1 amide bonds. The molecule has 1 aromatic rings. The van der Waals surface area contributed by atoms with Crippen molar-refractivity contribution in [1.82, 2.24) is 9.80 Å². The zero-order valence-corrected chi connectivity index (χ0v) is 13.6. The van der Waals surface area contributed by atoms with Gasteiger partial charge in [-0.1, -0.05) is 12.1 Å². The number of carbonyl (C=O) groups excluding carboxylic acids is 1. The summed E-state index contributed by atoms with van der Waals surface area (Å²) in [6.07, 6.45) is 0. The molecule has 2 fully saturated rings. The van der Waals surface area contributed by atoms with Gasteiger partial charge in [0.05, 0.1) is 31.4 Å². The summed E-state index contributed by atoms with van der Waals surface area (Å²) in [5.41, 5.74) is 0.692. The zero-order chi connectivity index (χ0) is 17.3. The quantitative estimate of drug-likeness (QED) is 0.891. The van der Waals surface area contributed by atoms with Crippen molar-refractivity contribution in [3.05, 3.63) is 35.1 Å². The van der Waals surface area contributed by atoms with Crippen LogP contribution in [0.2, 0.25) is 0 Å². The van der Waals surface area contributed by atoms with Crippen LogP contribution in [0.1, 0.15) is 15.9 Å². The number of carboxylic acid groups (broad SMARTS) is 1. The molecule has 0 aromatic heterocycles. The van der Waals surface area contributed by atoms with E-state index in [9.17, 15) is 14.0 Å². The molecule has 0 unspecified atom stereocenters. The first kappa shape index (κ1) is 16.9. The minimum atomic E-state index is -0.890. The molecule has 2 heterocycles. The van der Waals surface area contributed by atoms with E-state index in [4.69, 9.17) is 9.84 Å². The summed E-state index contributed by atoms with van der Waals surface area (Å²) in [4.78, 5) is 27.5. The van der Waals surface area contributed by atoms with Gasteiger partial charge in [0, 0.05) is 25.6 Å². The molecule has 2 bridgehead atoms. The Morgan fingerprint density at radius 1 is 1.29 bits per heavy atom. The topological polar surface area (TPSA) is 70.1 Å². The molecule has 1 N–H and O–H groups in total. The van der Waals surface area contributed by atoms with E-state index in [1.807, 2.05) is 4.90 Å². The van der Waals surface area contributed by atoms with Crippen LogP contribution in [0.25, 0.3) is 0 Å². The second-order valence-corrected chi connectivity index (χ2v) is 6.53. The van der Waals surface area contributed by atoms with Gasteiger partial charge in [-0.2, -0.15) is 0 Å². The Bertz CT molecular complexity index is 631. The summed E-state index contributed by atoms with van der Waals surface area (Å²) < 4.78 is 19.8. The molecular formula is C17H21FN2O4. The number of amides is 1. The second-order valence-electron chi connectivity index (χ2n) is 6.53. The van der Waals surface area contributed by atoms with Gasteiger partial charge in [-0.05, 0) is 18.6 Å². The van der Waals surface area contributed by atoms with Crippen molar-refractivity contribution in [3.63, 3.8) is 0 Å². The first-order valence-corrected chi connectivity index (χ1v) is 8.03. The van der Waals surface area contributed by atoms with E-state index in [2.05, 4.69) is 0 Å². The van der Waals surface area contributed by atoms with Crippen molar-refractivity contribution < 1.29 is 23.8 Å². The number of hydrogen-bond acceptors (Lipinski definition) is 4. The average molecular weight is 336 g/mol. The number of carboxylic acids is 1. The van der Waals surface area contributed by atoms with Gasteiger partial charge in [0.2, 0.25) is 0 Å². The van der Waals surface area contributed by atoms with E-state index in [0.29, 0.717) is 38.4 Å². The molecule has 2 aliphatic rings. The van der Waals surface area contributed by atoms with Gasteiger partial charge < -0.3 is 14.7 Å². The lowest BCUT2D eigenvalue weighted by Crippen LogP contribution is -2.47. The first-order valence-electron chi connectivity index (χ1n) is 8.03. The van der Waals surface area contributed by atoms with Crippen LogP contribution in [0.3, 0.4) is 0 Å². The molecule has 7 heteroatoms. The van der Waals surface area contributed by atoms with Crippen LogP contribution < -0.4 is 0 Å². The van der Waals surface area contributed by atoms with Gasteiger partial charge in [0.25, 0.3) is 5.91 Å². The summed E-state index contributed by atoms with van der Waals surface area (Å²) in [6, 6.07) is 4.31. The third-order valence-corrected chi connectivity index (χ3v) is 4.60. The lowest BCUT2D eigenvalue weighted by atomic mass is 10.0. The van der Waals surface area contributed by atoms with Crippen LogP contribution in [-0.2, 0) is 9.53 Å². The Labute approximate surface area is 139 Å².